The van der Waals surface area contributed by atoms with E-state index in [1.165, 1.54) is 0 Å². The standard InChI is InChI=1S/C9H14N2O/c1-6(2)9-4-8(5-12)10-7(3)11-9/h4,6,12H,5H2,1-3H3. The predicted molar refractivity (Wildman–Crippen MR) is 46.8 cm³/mol. The summed E-state index contributed by atoms with van der Waals surface area (Å²) in [7, 11) is 0. The van der Waals surface area contributed by atoms with Crippen LogP contribution in [0.5, 0.6) is 0 Å². The van der Waals surface area contributed by atoms with Gasteiger partial charge in [-0.1, -0.05) is 13.8 Å². The van der Waals surface area contributed by atoms with Crippen LogP contribution in [0.2, 0.25) is 0 Å². The molecule has 1 N–H and O–H groups in total. The van der Waals surface area contributed by atoms with Crippen LogP contribution in [0.3, 0.4) is 0 Å². The highest BCUT2D eigenvalue weighted by molar-refractivity contribution is 5.13. The summed E-state index contributed by atoms with van der Waals surface area (Å²) in [5.74, 6) is 1.11. The lowest BCUT2D eigenvalue weighted by atomic mass is 10.1. The molecule has 0 saturated heterocycles. The zero-order chi connectivity index (χ0) is 9.14. The van der Waals surface area contributed by atoms with Crippen LogP contribution in [-0.2, 0) is 6.61 Å². The van der Waals surface area contributed by atoms with Crippen LogP contribution in [0.25, 0.3) is 0 Å². The van der Waals surface area contributed by atoms with E-state index in [9.17, 15) is 0 Å². The van der Waals surface area contributed by atoms with E-state index in [0.29, 0.717) is 11.6 Å². The number of nitrogens with zero attached hydrogens (tertiary/aromatic N) is 2. The molecular weight excluding hydrogens is 152 g/mol. The van der Waals surface area contributed by atoms with Gasteiger partial charge < -0.3 is 5.11 Å². The maximum Gasteiger partial charge on any atom is 0.125 e. The first-order valence-corrected chi connectivity index (χ1v) is 4.08. The van der Waals surface area contributed by atoms with Crippen molar-refractivity contribution < 1.29 is 5.11 Å². The first-order valence-electron chi connectivity index (χ1n) is 4.08. The quantitative estimate of drug-likeness (QED) is 0.722. The van der Waals surface area contributed by atoms with Gasteiger partial charge in [0.1, 0.15) is 5.82 Å². The SMILES string of the molecule is Cc1nc(CO)cc(C(C)C)n1. The van der Waals surface area contributed by atoms with Gasteiger partial charge >= 0.3 is 0 Å². The molecule has 0 unspecified atom stereocenters. The zero-order valence-electron chi connectivity index (χ0n) is 7.70. The zero-order valence-corrected chi connectivity index (χ0v) is 7.70. The van der Waals surface area contributed by atoms with E-state index in [2.05, 4.69) is 23.8 Å². The largest absolute Gasteiger partial charge is 0.390 e. The van der Waals surface area contributed by atoms with E-state index in [4.69, 9.17) is 5.11 Å². The molecule has 0 aliphatic carbocycles. The molecule has 0 aromatic carbocycles. The molecule has 1 heterocycles. The van der Waals surface area contributed by atoms with E-state index in [-0.39, 0.29) is 6.61 Å². The lowest BCUT2D eigenvalue weighted by Crippen LogP contribution is -2.01. The third-order valence-corrected chi connectivity index (χ3v) is 1.66. The molecule has 0 spiro atoms. The fraction of sp³-hybridized carbons (Fsp3) is 0.556. The number of hydrogen-bond donors (Lipinski definition) is 1. The summed E-state index contributed by atoms with van der Waals surface area (Å²) in [6.07, 6.45) is 0. The highest BCUT2D eigenvalue weighted by Crippen LogP contribution is 2.12. The van der Waals surface area contributed by atoms with Gasteiger partial charge in [0.25, 0.3) is 0 Å². The van der Waals surface area contributed by atoms with Crippen LogP contribution in [0.15, 0.2) is 6.07 Å². The monoisotopic (exact) mass is 166 g/mol. The number of aryl methyl sites for hydroxylation is 1. The molecule has 1 aromatic rings. The number of rotatable bonds is 2. The molecule has 0 saturated carbocycles. The fourth-order valence-electron chi connectivity index (χ4n) is 1.03. The maximum absolute atomic E-state index is 8.88. The van der Waals surface area contributed by atoms with Gasteiger partial charge in [-0.25, -0.2) is 9.97 Å². The number of hydrogen-bond acceptors (Lipinski definition) is 3. The summed E-state index contributed by atoms with van der Waals surface area (Å²) in [6, 6.07) is 1.84. The molecule has 3 nitrogen and oxygen atoms in total. The molecule has 0 fully saturated rings. The van der Waals surface area contributed by atoms with Crippen LogP contribution in [0.1, 0.15) is 37.0 Å². The summed E-state index contributed by atoms with van der Waals surface area (Å²) in [5, 5.41) is 8.88. The number of aliphatic hydroxyl groups excluding tert-OH is 1. The lowest BCUT2D eigenvalue weighted by Gasteiger charge is -2.06. The second-order valence-corrected chi connectivity index (χ2v) is 3.14. The predicted octanol–water partition coefficient (Wildman–Crippen LogP) is 1.40. The molecule has 1 aromatic heterocycles. The van der Waals surface area contributed by atoms with Gasteiger partial charge in [0, 0.05) is 5.69 Å². The summed E-state index contributed by atoms with van der Waals surface area (Å²) >= 11 is 0. The molecule has 12 heavy (non-hydrogen) atoms. The van der Waals surface area contributed by atoms with E-state index in [1.807, 2.05) is 13.0 Å². The Labute approximate surface area is 72.5 Å². The minimum atomic E-state index is -0.0108. The molecule has 0 amide bonds. The van der Waals surface area contributed by atoms with Crippen LogP contribution >= 0.6 is 0 Å². The first-order chi connectivity index (χ1) is 5.63. The van der Waals surface area contributed by atoms with Crippen LogP contribution in [0.4, 0.5) is 0 Å². The highest BCUT2D eigenvalue weighted by Gasteiger charge is 2.03. The molecular formula is C9H14N2O. The van der Waals surface area contributed by atoms with Gasteiger partial charge in [-0.2, -0.15) is 0 Å². The molecule has 66 valence electrons. The molecule has 0 aliphatic rings. The van der Waals surface area contributed by atoms with Crippen molar-refractivity contribution >= 4 is 0 Å². The Hall–Kier alpha value is -0.960. The van der Waals surface area contributed by atoms with Crippen molar-refractivity contribution in [1.29, 1.82) is 0 Å². The summed E-state index contributed by atoms with van der Waals surface area (Å²) in [6.45, 7) is 5.97. The van der Waals surface area contributed by atoms with E-state index in [0.717, 1.165) is 11.5 Å². The van der Waals surface area contributed by atoms with Gasteiger partial charge in [0.2, 0.25) is 0 Å². The summed E-state index contributed by atoms with van der Waals surface area (Å²) < 4.78 is 0. The fourth-order valence-corrected chi connectivity index (χ4v) is 1.03. The van der Waals surface area contributed by atoms with Gasteiger partial charge in [-0.05, 0) is 18.9 Å². The smallest absolute Gasteiger partial charge is 0.125 e. The van der Waals surface area contributed by atoms with Crippen molar-refractivity contribution in [2.75, 3.05) is 0 Å². The second-order valence-electron chi connectivity index (χ2n) is 3.14. The molecule has 0 atom stereocenters. The molecule has 0 aliphatic heterocycles. The molecule has 3 heteroatoms. The molecule has 1 rings (SSSR count). The topological polar surface area (TPSA) is 46.0 Å². The third kappa shape index (κ3) is 2.01. The Morgan fingerprint density at radius 3 is 2.58 bits per heavy atom. The Bertz CT molecular complexity index is 271. The second kappa shape index (κ2) is 3.63. The van der Waals surface area contributed by atoms with Crippen LogP contribution in [-0.4, -0.2) is 15.1 Å². The minimum absolute atomic E-state index is 0.0108. The summed E-state index contributed by atoms with van der Waals surface area (Å²) in [5.41, 5.74) is 1.69. The molecule has 0 radical (unpaired) electrons. The Morgan fingerprint density at radius 1 is 1.42 bits per heavy atom. The van der Waals surface area contributed by atoms with Gasteiger partial charge in [-0.3, -0.25) is 0 Å². The van der Waals surface area contributed by atoms with Crippen molar-refractivity contribution in [3.63, 3.8) is 0 Å². The van der Waals surface area contributed by atoms with Crippen molar-refractivity contribution in [2.24, 2.45) is 0 Å². The average molecular weight is 166 g/mol. The minimum Gasteiger partial charge on any atom is -0.390 e. The average Bonchev–Trinajstić information content (AvgIpc) is 2.03. The van der Waals surface area contributed by atoms with Gasteiger partial charge in [-0.15, -0.1) is 0 Å². The maximum atomic E-state index is 8.88. The van der Waals surface area contributed by atoms with Crippen molar-refractivity contribution in [1.82, 2.24) is 9.97 Å². The number of aliphatic hydroxyl groups is 1. The van der Waals surface area contributed by atoms with E-state index < -0.39 is 0 Å². The van der Waals surface area contributed by atoms with Crippen LogP contribution < -0.4 is 0 Å². The normalized spacial score (nSPS) is 10.8. The van der Waals surface area contributed by atoms with Crippen molar-refractivity contribution in [3.05, 3.63) is 23.3 Å². The Kier molecular flexibility index (Phi) is 2.76. The Balaban J connectivity index is 3.06. The van der Waals surface area contributed by atoms with Gasteiger partial charge in [0.15, 0.2) is 0 Å². The molecule has 0 bridgehead atoms. The van der Waals surface area contributed by atoms with Crippen LogP contribution in [0, 0.1) is 6.92 Å². The van der Waals surface area contributed by atoms with Crippen molar-refractivity contribution in [2.45, 2.75) is 33.3 Å². The summed E-state index contributed by atoms with van der Waals surface area (Å²) in [4.78, 5) is 8.33. The third-order valence-electron chi connectivity index (χ3n) is 1.66. The van der Waals surface area contributed by atoms with E-state index >= 15 is 0 Å². The first kappa shape index (κ1) is 9.13. The highest BCUT2D eigenvalue weighted by atomic mass is 16.3. The van der Waals surface area contributed by atoms with E-state index in [1.54, 1.807) is 0 Å². The van der Waals surface area contributed by atoms with Gasteiger partial charge in [0.05, 0.1) is 12.3 Å². The lowest BCUT2D eigenvalue weighted by molar-refractivity contribution is 0.276. The Morgan fingerprint density at radius 2 is 2.08 bits per heavy atom. The number of aromatic nitrogens is 2. The van der Waals surface area contributed by atoms with Crippen molar-refractivity contribution in [3.8, 4) is 0 Å².